The molecule has 1 unspecified atom stereocenters. The number of aryl methyl sites for hydroxylation is 1. The second-order valence-corrected chi connectivity index (χ2v) is 8.67. The molecule has 1 spiro atoms. The first-order chi connectivity index (χ1) is 14.6. The molecule has 2 aromatic rings. The highest BCUT2D eigenvalue weighted by Crippen LogP contribution is 2.49. The largest absolute Gasteiger partial charge is 0.493 e. The molecule has 1 aromatic carbocycles. The molecular formula is C22H30N4O4+2. The van der Waals surface area contributed by atoms with Crippen molar-refractivity contribution >= 4 is 5.91 Å². The van der Waals surface area contributed by atoms with Crippen LogP contribution in [0.3, 0.4) is 0 Å². The van der Waals surface area contributed by atoms with Gasteiger partial charge in [0.2, 0.25) is 5.91 Å². The maximum absolute atomic E-state index is 14.0. The quantitative estimate of drug-likeness (QED) is 0.801. The fraction of sp³-hybridized carbons (Fsp3) is 0.591. The smallest absolute Gasteiger partial charge is 0.343 e. The summed E-state index contributed by atoms with van der Waals surface area (Å²) >= 11 is 0. The van der Waals surface area contributed by atoms with Crippen LogP contribution in [0.25, 0.3) is 0 Å². The van der Waals surface area contributed by atoms with Crippen molar-refractivity contribution in [1.82, 2.24) is 10.1 Å². The Morgan fingerprint density at radius 1 is 1.40 bits per heavy atom. The topological polar surface area (TPSA) is 95.6 Å². The summed E-state index contributed by atoms with van der Waals surface area (Å²) in [4.78, 5) is 19.2. The van der Waals surface area contributed by atoms with Crippen LogP contribution in [0.2, 0.25) is 0 Å². The van der Waals surface area contributed by atoms with Crippen LogP contribution < -0.4 is 19.8 Å². The molecule has 8 heteroatoms. The van der Waals surface area contributed by atoms with E-state index in [1.807, 2.05) is 24.0 Å². The summed E-state index contributed by atoms with van der Waals surface area (Å²) in [6.07, 6.45) is 3.84. The highest BCUT2D eigenvalue weighted by atomic mass is 16.5. The lowest BCUT2D eigenvalue weighted by Gasteiger charge is -2.41. The number of hydrogen-bond donors (Lipinski definition) is 1. The lowest BCUT2D eigenvalue weighted by molar-refractivity contribution is -0.640. The molecule has 8 nitrogen and oxygen atoms in total. The van der Waals surface area contributed by atoms with Crippen LogP contribution in [0.4, 0.5) is 0 Å². The van der Waals surface area contributed by atoms with Crippen molar-refractivity contribution in [2.45, 2.75) is 44.1 Å². The molecule has 5 rings (SSSR count). The van der Waals surface area contributed by atoms with E-state index in [4.69, 9.17) is 14.0 Å². The predicted octanol–water partition coefficient (Wildman–Crippen LogP) is 0.773. The van der Waals surface area contributed by atoms with Crippen molar-refractivity contribution in [3.8, 4) is 11.5 Å². The molecule has 0 aliphatic carbocycles. The summed E-state index contributed by atoms with van der Waals surface area (Å²) in [6.45, 7) is 4.90. The number of likely N-dealkylation sites (tertiary alicyclic amines) is 1. The van der Waals surface area contributed by atoms with Gasteiger partial charge in [-0.05, 0) is 31.7 Å². The van der Waals surface area contributed by atoms with Crippen molar-refractivity contribution in [1.29, 1.82) is 0 Å². The van der Waals surface area contributed by atoms with E-state index in [-0.39, 0.29) is 23.3 Å². The number of piperidine rings is 1. The number of aromatic amines is 1. The molecule has 3 atom stereocenters. The second-order valence-electron chi connectivity index (χ2n) is 8.67. The van der Waals surface area contributed by atoms with Gasteiger partial charge >= 0.3 is 11.7 Å². The zero-order valence-corrected chi connectivity index (χ0v) is 17.6. The van der Waals surface area contributed by atoms with Gasteiger partial charge in [-0.25, -0.2) is 9.51 Å². The third-order valence-electron chi connectivity index (χ3n) is 7.08. The summed E-state index contributed by atoms with van der Waals surface area (Å²) in [6, 6.07) is 5.97. The van der Waals surface area contributed by atoms with Gasteiger partial charge in [-0.1, -0.05) is 12.1 Å². The van der Waals surface area contributed by atoms with Crippen LogP contribution in [0.1, 0.15) is 49.0 Å². The number of aromatic nitrogens is 2. The lowest BCUT2D eigenvalue weighted by Crippen LogP contribution is -2.82. The van der Waals surface area contributed by atoms with Gasteiger partial charge in [-0.15, -0.1) is 0 Å². The highest BCUT2D eigenvalue weighted by molar-refractivity contribution is 5.82. The van der Waals surface area contributed by atoms with Gasteiger partial charge < -0.3 is 19.7 Å². The number of carbonyl (C=O) groups is 1. The maximum Gasteiger partial charge on any atom is 0.343 e. The average molecular weight is 415 g/mol. The van der Waals surface area contributed by atoms with Crippen LogP contribution in [0.15, 0.2) is 22.7 Å². The number of amides is 1. The summed E-state index contributed by atoms with van der Waals surface area (Å²) < 4.78 is 17.1. The Morgan fingerprint density at radius 2 is 2.30 bits per heavy atom. The monoisotopic (exact) mass is 414 g/mol. The predicted molar refractivity (Wildman–Crippen MR) is 106 cm³/mol. The van der Waals surface area contributed by atoms with E-state index in [1.54, 1.807) is 7.11 Å². The van der Waals surface area contributed by atoms with Gasteiger partial charge in [0.05, 0.1) is 32.2 Å². The number of methoxy groups -OCH3 is 1. The minimum atomic E-state index is -0.234. The first kappa shape index (κ1) is 19.4. The summed E-state index contributed by atoms with van der Waals surface area (Å²) in [5.74, 6) is 3.08. The standard InChI is InChI=1S/C22H28N4O4/c1-14-24-20(30-25-14)17-7-3-4-10-26(17)21(27)16-12-23-13-22(16)9-11-29-19-15(22)6-5-8-18(19)28-2/h5-6,8,16-17,23H,3-4,7,9-13H2,1-2H3/p+2/t16-,17?,22-/m0/s1. The fourth-order valence-corrected chi connectivity index (χ4v) is 5.63. The Balaban J connectivity index is 1.50. The Morgan fingerprint density at radius 3 is 3.10 bits per heavy atom. The number of H-pyrrole nitrogens is 1. The number of fused-ring (bicyclic) bond motifs is 2. The van der Waals surface area contributed by atoms with Crippen molar-refractivity contribution in [2.24, 2.45) is 5.92 Å². The summed E-state index contributed by atoms with van der Waals surface area (Å²) in [7, 11) is 1.66. The minimum absolute atomic E-state index is 0.0743. The Labute approximate surface area is 175 Å². The summed E-state index contributed by atoms with van der Waals surface area (Å²) in [5.41, 5.74) is 0.873. The molecule has 1 amide bonds. The van der Waals surface area contributed by atoms with Crippen molar-refractivity contribution in [2.75, 3.05) is 33.4 Å². The molecular weight excluding hydrogens is 384 g/mol. The zero-order valence-electron chi connectivity index (χ0n) is 17.6. The van der Waals surface area contributed by atoms with Crippen LogP contribution in [-0.2, 0) is 10.2 Å². The average Bonchev–Trinajstić information content (AvgIpc) is 3.40. The van der Waals surface area contributed by atoms with Gasteiger partial charge in [0, 0.05) is 19.0 Å². The normalized spacial score (nSPS) is 28.3. The molecule has 0 bridgehead atoms. The van der Waals surface area contributed by atoms with Gasteiger partial charge in [0.25, 0.3) is 0 Å². The van der Waals surface area contributed by atoms with E-state index in [9.17, 15) is 4.79 Å². The third kappa shape index (κ3) is 2.96. The number of benzene rings is 1. The maximum atomic E-state index is 14.0. The van der Waals surface area contributed by atoms with Crippen LogP contribution in [0, 0.1) is 12.8 Å². The molecule has 2 fully saturated rings. The molecule has 3 aliphatic heterocycles. The number of nitrogens with zero attached hydrogens (tertiary/aromatic N) is 2. The number of nitrogens with one attached hydrogen (secondary N) is 1. The number of carbonyl (C=O) groups excluding carboxylic acids is 1. The third-order valence-corrected chi connectivity index (χ3v) is 7.08. The van der Waals surface area contributed by atoms with Gasteiger partial charge in [-0.2, -0.15) is 0 Å². The lowest BCUT2D eigenvalue weighted by atomic mass is 9.68. The summed E-state index contributed by atoms with van der Waals surface area (Å²) in [5, 5.41) is 6.29. The molecule has 3 aliphatic rings. The molecule has 2 saturated heterocycles. The number of para-hydroxylation sites is 1. The Kier molecular flexibility index (Phi) is 4.89. The van der Waals surface area contributed by atoms with E-state index in [1.165, 1.54) is 0 Å². The van der Waals surface area contributed by atoms with E-state index in [0.29, 0.717) is 12.5 Å². The number of quaternary nitrogens is 1. The Hall–Kier alpha value is -2.61. The van der Waals surface area contributed by atoms with E-state index in [2.05, 4.69) is 21.5 Å². The van der Waals surface area contributed by atoms with Gasteiger partial charge in [-0.3, -0.25) is 4.79 Å². The number of rotatable bonds is 3. The SMILES string of the molecule is COc1cccc2c1OCC[C@]21C[NH2+]C[C@H]1C(=O)N1CCCCC1c1[nH+]c(C)no1. The first-order valence-electron chi connectivity index (χ1n) is 10.9. The van der Waals surface area contributed by atoms with Crippen molar-refractivity contribution in [3.63, 3.8) is 0 Å². The zero-order chi connectivity index (χ0) is 20.7. The van der Waals surface area contributed by atoms with E-state index < -0.39 is 0 Å². The van der Waals surface area contributed by atoms with Crippen LogP contribution in [0.5, 0.6) is 11.5 Å². The molecule has 0 saturated carbocycles. The van der Waals surface area contributed by atoms with Crippen LogP contribution in [-0.4, -0.2) is 49.3 Å². The number of nitrogens with two attached hydrogens (primary N) is 1. The van der Waals surface area contributed by atoms with Gasteiger partial charge in [0.15, 0.2) is 16.7 Å². The molecule has 30 heavy (non-hydrogen) atoms. The van der Waals surface area contributed by atoms with Gasteiger partial charge in [0.1, 0.15) is 12.0 Å². The fourth-order valence-electron chi connectivity index (χ4n) is 5.63. The first-order valence-corrected chi connectivity index (χ1v) is 10.9. The van der Waals surface area contributed by atoms with Crippen molar-refractivity contribution < 1.29 is 29.1 Å². The highest BCUT2D eigenvalue weighted by Gasteiger charge is 2.56. The second kappa shape index (κ2) is 7.58. The number of ether oxygens (including phenoxy) is 2. The molecule has 160 valence electrons. The molecule has 0 radical (unpaired) electrons. The molecule has 4 heterocycles. The Bertz CT molecular complexity index is 945. The van der Waals surface area contributed by atoms with Crippen LogP contribution >= 0.6 is 0 Å². The van der Waals surface area contributed by atoms with E-state index in [0.717, 1.165) is 68.2 Å². The minimum Gasteiger partial charge on any atom is -0.493 e. The molecule has 3 N–H and O–H groups in total. The number of hydrogen-bond acceptors (Lipinski definition) is 5. The van der Waals surface area contributed by atoms with E-state index >= 15 is 0 Å². The van der Waals surface area contributed by atoms with Crippen molar-refractivity contribution in [3.05, 3.63) is 35.5 Å². The molecule has 1 aromatic heterocycles.